The van der Waals surface area contributed by atoms with Gasteiger partial charge < -0.3 is 4.74 Å². The highest BCUT2D eigenvalue weighted by molar-refractivity contribution is 5.75. The zero-order chi connectivity index (χ0) is 13.3. The SMILES string of the molecule is CC(C)(C)C(=O)OCC1(C(C)(C)C)CCCC1. The van der Waals surface area contributed by atoms with Gasteiger partial charge in [0.1, 0.15) is 0 Å². The summed E-state index contributed by atoms with van der Waals surface area (Å²) in [5.41, 5.74) is 0.00720. The van der Waals surface area contributed by atoms with Crippen molar-refractivity contribution in [1.29, 1.82) is 0 Å². The van der Waals surface area contributed by atoms with Crippen LogP contribution in [0.2, 0.25) is 0 Å². The fourth-order valence-corrected chi connectivity index (χ4v) is 2.58. The van der Waals surface area contributed by atoms with E-state index in [4.69, 9.17) is 4.74 Å². The standard InChI is InChI=1S/C15H28O2/c1-13(2,3)12(16)17-11-15(14(4,5)6)9-7-8-10-15/h7-11H2,1-6H3. The van der Waals surface area contributed by atoms with E-state index in [1.54, 1.807) is 0 Å². The van der Waals surface area contributed by atoms with Gasteiger partial charge in [-0.25, -0.2) is 0 Å². The smallest absolute Gasteiger partial charge is 0.311 e. The average molecular weight is 240 g/mol. The van der Waals surface area contributed by atoms with Crippen molar-refractivity contribution in [2.24, 2.45) is 16.2 Å². The fourth-order valence-electron chi connectivity index (χ4n) is 2.58. The van der Waals surface area contributed by atoms with Gasteiger partial charge in [-0.2, -0.15) is 0 Å². The molecular weight excluding hydrogens is 212 g/mol. The second kappa shape index (κ2) is 4.62. The summed E-state index contributed by atoms with van der Waals surface area (Å²) in [5.74, 6) is -0.0759. The number of carbonyl (C=O) groups excluding carboxylic acids is 1. The molecular formula is C15H28O2. The van der Waals surface area contributed by atoms with E-state index in [1.807, 2.05) is 20.8 Å². The van der Waals surface area contributed by atoms with Crippen LogP contribution in [0.3, 0.4) is 0 Å². The predicted octanol–water partition coefficient (Wildman–Crippen LogP) is 4.18. The number of hydrogen-bond donors (Lipinski definition) is 0. The van der Waals surface area contributed by atoms with E-state index in [9.17, 15) is 4.79 Å². The first-order valence-electron chi connectivity index (χ1n) is 6.76. The van der Waals surface area contributed by atoms with Gasteiger partial charge >= 0.3 is 5.97 Å². The maximum Gasteiger partial charge on any atom is 0.311 e. The number of carbonyl (C=O) groups is 1. The van der Waals surface area contributed by atoms with Gasteiger partial charge in [0.25, 0.3) is 0 Å². The van der Waals surface area contributed by atoms with Crippen LogP contribution >= 0.6 is 0 Å². The second-order valence-electron chi connectivity index (χ2n) is 7.56. The van der Waals surface area contributed by atoms with Gasteiger partial charge in [0.15, 0.2) is 0 Å². The molecule has 0 amide bonds. The molecule has 0 aromatic rings. The Morgan fingerprint density at radius 3 is 1.88 bits per heavy atom. The van der Waals surface area contributed by atoms with E-state index in [0.29, 0.717) is 6.61 Å². The second-order valence-corrected chi connectivity index (χ2v) is 7.56. The fraction of sp³-hybridized carbons (Fsp3) is 0.933. The van der Waals surface area contributed by atoms with Crippen molar-refractivity contribution >= 4 is 5.97 Å². The summed E-state index contributed by atoms with van der Waals surface area (Å²) in [4.78, 5) is 11.9. The van der Waals surface area contributed by atoms with Crippen LogP contribution in [0.25, 0.3) is 0 Å². The number of esters is 1. The maximum atomic E-state index is 11.9. The molecule has 0 radical (unpaired) electrons. The lowest BCUT2D eigenvalue weighted by Crippen LogP contribution is -2.39. The molecule has 0 spiro atoms. The summed E-state index contributed by atoms with van der Waals surface area (Å²) in [6.45, 7) is 13.1. The molecule has 1 fully saturated rings. The number of ether oxygens (including phenoxy) is 1. The molecule has 1 aliphatic rings. The van der Waals surface area contributed by atoms with Crippen LogP contribution in [-0.4, -0.2) is 12.6 Å². The summed E-state index contributed by atoms with van der Waals surface area (Å²) in [7, 11) is 0. The minimum Gasteiger partial charge on any atom is -0.465 e. The van der Waals surface area contributed by atoms with Crippen LogP contribution in [0.15, 0.2) is 0 Å². The first-order chi connectivity index (χ1) is 7.58. The van der Waals surface area contributed by atoms with Gasteiger partial charge in [-0.15, -0.1) is 0 Å². The minimum atomic E-state index is -0.391. The van der Waals surface area contributed by atoms with E-state index in [1.165, 1.54) is 25.7 Å². The zero-order valence-corrected chi connectivity index (χ0v) is 12.4. The van der Waals surface area contributed by atoms with Crippen LogP contribution in [0, 0.1) is 16.2 Å². The Labute approximate surface area is 106 Å². The molecule has 0 atom stereocenters. The number of hydrogen-bond acceptors (Lipinski definition) is 2. The van der Waals surface area contributed by atoms with Crippen LogP contribution < -0.4 is 0 Å². The average Bonchev–Trinajstić information content (AvgIpc) is 2.60. The number of rotatable bonds is 2. The Kier molecular flexibility index (Phi) is 3.95. The van der Waals surface area contributed by atoms with Crippen molar-refractivity contribution in [1.82, 2.24) is 0 Å². The topological polar surface area (TPSA) is 26.3 Å². The molecule has 0 aromatic carbocycles. The molecule has 0 heterocycles. The molecule has 1 saturated carbocycles. The van der Waals surface area contributed by atoms with E-state index in [0.717, 1.165) is 0 Å². The molecule has 0 aromatic heterocycles. The quantitative estimate of drug-likeness (QED) is 0.677. The van der Waals surface area contributed by atoms with Gasteiger partial charge in [-0.1, -0.05) is 33.6 Å². The van der Waals surface area contributed by atoms with E-state index in [2.05, 4.69) is 20.8 Å². The normalized spacial score (nSPS) is 20.4. The predicted molar refractivity (Wildman–Crippen MR) is 70.8 cm³/mol. The van der Waals surface area contributed by atoms with Crippen molar-refractivity contribution in [3.8, 4) is 0 Å². The third-order valence-electron chi connectivity index (χ3n) is 4.24. The van der Waals surface area contributed by atoms with Crippen molar-refractivity contribution in [2.45, 2.75) is 67.2 Å². The van der Waals surface area contributed by atoms with Crippen molar-refractivity contribution < 1.29 is 9.53 Å². The monoisotopic (exact) mass is 240 g/mol. The van der Waals surface area contributed by atoms with Gasteiger partial charge in [0.2, 0.25) is 0 Å². The van der Waals surface area contributed by atoms with Crippen LogP contribution in [0.5, 0.6) is 0 Å². The Balaban J connectivity index is 2.67. The molecule has 1 aliphatic carbocycles. The molecule has 2 heteroatoms. The molecule has 0 N–H and O–H groups in total. The Bertz CT molecular complexity index is 272. The minimum absolute atomic E-state index is 0.0759. The summed E-state index contributed by atoms with van der Waals surface area (Å²) in [5, 5.41) is 0. The maximum absolute atomic E-state index is 11.9. The molecule has 0 unspecified atom stereocenters. The third kappa shape index (κ3) is 3.23. The van der Waals surface area contributed by atoms with Gasteiger partial charge in [0, 0.05) is 5.41 Å². The summed E-state index contributed by atoms with van der Waals surface area (Å²) in [6, 6.07) is 0. The van der Waals surface area contributed by atoms with Crippen molar-refractivity contribution in [3.05, 3.63) is 0 Å². The highest BCUT2D eigenvalue weighted by atomic mass is 16.5. The molecule has 0 saturated heterocycles. The van der Waals surface area contributed by atoms with E-state index < -0.39 is 5.41 Å². The highest BCUT2D eigenvalue weighted by Gasteiger charge is 2.45. The van der Waals surface area contributed by atoms with Crippen molar-refractivity contribution in [2.75, 3.05) is 6.61 Å². The molecule has 100 valence electrons. The molecule has 0 aliphatic heterocycles. The lowest BCUT2D eigenvalue weighted by atomic mass is 9.66. The largest absolute Gasteiger partial charge is 0.465 e. The molecule has 1 rings (SSSR count). The summed E-state index contributed by atoms with van der Waals surface area (Å²) < 4.78 is 5.58. The van der Waals surface area contributed by atoms with Gasteiger partial charge in [0.05, 0.1) is 12.0 Å². The van der Waals surface area contributed by atoms with Crippen molar-refractivity contribution in [3.63, 3.8) is 0 Å². The lowest BCUT2D eigenvalue weighted by molar-refractivity contribution is -0.159. The molecule has 2 nitrogen and oxygen atoms in total. The summed E-state index contributed by atoms with van der Waals surface area (Å²) >= 11 is 0. The van der Waals surface area contributed by atoms with E-state index in [-0.39, 0.29) is 16.8 Å². The Morgan fingerprint density at radius 2 is 1.53 bits per heavy atom. The molecule has 17 heavy (non-hydrogen) atoms. The summed E-state index contributed by atoms with van der Waals surface area (Å²) in [6.07, 6.45) is 4.91. The first kappa shape index (κ1) is 14.5. The Hall–Kier alpha value is -0.530. The third-order valence-corrected chi connectivity index (χ3v) is 4.24. The molecule has 0 bridgehead atoms. The van der Waals surface area contributed by atoms with Crippen LogP contribution in [0.1, 0.15) is 67.2 Å². The zero-order valence-electron chi connectivity index (χ0n) is 12.4. The Morgan fingerprint density at radius 1 is 1.06 bits per heavy atom. The first-order valence-corrected chi connectivity index (χ1v) is 6.76. The highest BCUT2D eigenvalue weighted by Crippen LogP contribution is 2.51. The van der Waals surface area contributed by atoms with E-state index >= 15 is 0 Å². The lowest BCUT2D eigenvalue weighted by Gasteiger charge is -2.41. The van der Waals surface area contributed by atoms with Crippen LogP contribution in [-0.2, 0) is 9.53 Å². The van der Waals surface area contributed by atoms with Crippen LogP contribution in [0.4, 0.5) is 0 Å². The van der Waals surface area contributed by atoms with Gasteiger partial charge in [-0.05, 0) is 39.0 Å². The van der Waals surface area contributed by atoms with Gasteiger partial charge in [-0.3, -0.25) is 4.79 Å².